The molecule has 3 unspecified atom stereocenters. The number of imidazole rings is 1. The quantitative estimate of drug-likeness (QED) is 0.143. The summed E-state index contributed by atoms with van der Waals surface area (Å²) in [5, 5.41) is 14.3. The van der Waals surface area contributed by atoms with E-state index in [1.54, 1.807) is 10.9 Å². The van der Waals surface area contributed by atoms with Crippen LogP contribution in [0.2, 0.25) is 0 Å². The Hall–Kier alpha value is -7.09. The summed E-state index contributed by atoms with van der Waals surface area (Å²) in [5.41, 5.74) is 11.6. The van der Waals surface area contributed by atoms with Crippen molar-refractivity contribution < 1.29 is 33.5 Å². The Labute approximate surface area is 375 Å². The SMILES string of the molecule is Nc1ncnc2c1ncn2[C@@H]1O[C@H](COc2cccc3c2C(c2ccccc2)c2ccccc2O3)[C@](O)(c2cccc3c2C(c2ccccc2)c2ccccc2O3)[C@H]1OC1CCCCO1. The maximum atomic E-state index is 14.3. The van der Waals surface area contributed by atoms with E-state index in [9.17, 15) is 5.11 Å². The molecule has 2 fully saturated rings. The first kappa shape index (κ1) is 39.5. The van der Waals surface area contributed by atoms with Gasteiger partial charge in [0.15, 0.2) is 29.6 Å². The zero-order valence-corrected chi connectivity index (χ0v) is 35.3. The summed E-state index contributed by atoms with van der Waals surface area (Å²) in [6.45, 7) is 0.429. The van der Waals surface area contributed by atoms with Crippen molar-refractivity contribution in [3.05, 3.63) is 197 Å². The fourth-order valence-electron chi connectivity index (χ4n) is 10.3. The first-order chi connectivity index (χ1) is 32.0. The molecule has 0 aliphatic carbocycles. The van der Waals surface area contributed by atoms with Crippen molar-refractivity contribution in [3.63, 3.8) is 0 Å². The highest BCUT2D eigenvalue weighted by Gasteiger charge is 2.61. The number of aromatic nitrogens is 4. The summed E-state index contributed by atoms with van der Waals surface area (Å²) >= 11 is 0. The molecule has 324 valence electrons. The van der Waals surface area contributed by atoms with Gasteiger partial charge < -0.3 is 39.3 Å². The van der Waals surface area contributed by atoms with Crippen LogP contribution in [-0.4, -0.2) is 56.3 Å². The molecule has 12 heteroatoms. The van der Waals surface area contributed by atoms with Gasteiger partial charge in [0.25, 0.3) is 0 Å². The summed E-state index contributed by atoms with van der Waals surface area (Å²) in [7, 11) is 0. The van der Waals surface area contributed by atoms with Crippen LogP contribution in [0, 0.1) is 0 Å². The molecular weight excluding hydrogens is 819 g/mol. The number of nitrogens with zero attached hydrogens (tertiary/aromatic N) is 4. The number of aliphatic hydroxyl groups is 1. The normalized spacial score (nSPS) is 24.2. The van der Waals surface area contributed by atoms with Gasteiger partial charge in [-0.15, -0.1) is 0 Å². The van der Waals surface area contributed by atoms with Crippen LogP contribution < -0.4 is 19.9 Å². The van der Waals surface area contributed by atoms with E-state index in [1.807, 2.05) is 109 Å². The largest absolute Gasteiger partial charge is 0.490 e. The smallest absolute Gasteiger partial charge is 0.167 e. The van der Waals surface area contributed by atoms with Crippen LogP contribution in [0.15, 0.2) is 158 Å². The fourth-order valence-corrected chi connectivity index (χ4v) is 10.3. The van der Waals surface area contributed by atoms with Crippen LogP contribution in [0.1, 0.15) is 76.3 Å². The molecule has 2 aromatic heterocycles. The van der Waals surface area contributed by atoms with Gasteiger partial charge in [-0.05, 0) is 66.3 Å². The third-order valence-electron chi connectivity index (χ3n) is 13.2. The predicted octanol–water partition coefficient (Wildman–Crippen LogP) is 9.76. The molecule has 0 bridgehead atoms. The molecule has 4 aliphatic heterocycles. The molecule has 7 atom stereocenters. The van der Waals surface area contributed by atoms with E-state index in [1.165, 1.54) is 6.33 Å². The van der Waals surface area contributed by atoms with Gasteiger partial charge in [0, 0.05) is 40.7 Å². The minimum absolute atomic E-state index is 0.0984. The van der Waals surface area contributed by atoms with Crippen molar-refractivity contribution in [3.8, 4) is 28.7 Å². The topological polar surface area (TPSA) is 145 Å². The molecule has 0 spiro atoms. The summed E-state index contributed by atoms with van der Waals surface area (Å²) in [6.07, 6.45) is 1.69. The molecule has 0 radical (unpaired) electrons. The van der Waals surface area contributed by atoms with Crippen LogP contribution in [0.4, 0.5) is 5.82 Å². The number of nitrogen functional groups attached to an aromatic ring is 1. The Morgan fingerprint density at radius 3 is 2.00 bits per heavy atom. The standard InChI is InChI=1S/C53H45N5O7/c54-50-48-51(56-30-55-50)58(31-57-48)52-49(65-43-27-11-12-28-60-43)53(59,36-21-13-25-40-46(36)44(32-15-3-1-4-16-32)34-19-7-9-22-37(34)62-40)42(64-52)29-61-39-24-14-26-41-47(39)45(33-17-5-2-6-18-33)35-20-8-10-23-38(35)63-41/h1-10,13-26,30-31,42-45,49,52,59H,11-12,27-29H2,(H2,54,55,56)/t42-,43?,44?,45?,49+,52-,53-/m1/s1. The Morgan fingerprint density at radius 2 is 1.31 bits per heavy atom. The number of hydrogen-bond acceptors (Lipinski definition) is 11. The van der Waals surface area contributed by atoms with Gasteiger partial charge in [-0.2, -0.15) is 0 Å². The second-order valence-corrected chi connectivity index (χ2v) is 16.9. The van der Waals surface area contributed by atoms with Gasteiger partial charge in [-0.1, -0.05) is 115 Å². The highest BCUT2D eigenvalue weighted by molar-refractivity contribution is 5.81. The number of fused-ring (bicyclic) bond motifs is 5. The maximum absolute atomic E-state index is 14.3. The number of hydrogen-bond donors (Lipinski definition) is 2. The molecule has 6 heterocycles. The maximum Gasteiger partial charge on any atom is 0.167 e. The van der Waals surface area contributed by atoms with Gasteiger partial charge >= 0.3 is 0 Å². The van der Waals surface area contributed by atoms with Gasteiger partial charge in [0.05, 0.1) is 6.33 Å². The van der Waals surface area contributed by atoms with Crippen LogP contribution >= 0.6 is 0 Å². The van der Waals surface area contributed by atoms with Crippen molar-refractivity contribution in [1.29, 1.82) is 0 Å². The van der Waals surface area contributed by atoms with Crippen molar-refractivity contribution in [2.45, 2.75) is 61.4 Å². The van der Waals surface area contributed by atoms with Crippen LogP contribution in [0.3, 0.4) is 0 Å². The van der Waals surface area contributed by atoms with E-state index in [4.69, 9.17) is 34.2 Å². The molecule has 8 aromatic rings. The fraction of sp³-hybridized carbons (Fsp3) is 0.226. The van der Waals surface area contributed by atoms with Crippen molar-refractivity contribution in [2.75, 3.05) is 18.9 Å². The minimum atomic E-state index is -1.91. The van der Waals surface area contributed by atoms with Gasteiger partial charge in [-0.25, -0.2) is 15.0 Å². The molecule has 6 aromatic carbocycles. The lowest BCUT2D eigenvalue weighted by Crippen LogP contribution is -2.50. The van der Waals surface area contributed by atoms with E-state index in [-0.39, 0.29) is 24.3 Å². The van der Waals surface area contributed by atoms with Gasteiger partial charge in [0.2, 0.25) is 0 Å². The number of para-hydroxylation sites is 2. The van der Waals surface area contributed by atoms with Crippen molar-refractivity contribution in [2.24, 2.45) is 0 Å². The lowest BCUT2D eigenvalue weighted by molar-refractivity contribution is -0.233. The van der Waals surface area contributed by atoms with Crippen molar-refractivity contribution in [1.82, 2.24) is 19.5 Å². The molecule has 4 aliphatic rings. The third-order valence-corrected chi connectivity index (χ3v) is 13.2. The predicted molar refractivity (Wildman–Crippen MR) is 242 cm³/mol. The number of benzene rings is 6. The Kier molecular flexibility index (Phi) is 9.82. The van der Waals surface area contributed by atoms with E-state index in [0.29, 0.717) is 47.0 Å². The van der Waals surface area contributed by atoms with E-state index in [2.05, 4.69) is 51.4 Å². The van der Waals surface area contributed by atoms with Gasteiger partial charge in [0.1, 0.15) is 59.4 Å². The van der Waals surface area contributed by atoms with E-state index < -0.39 is 30.3 Å². The monoisotopic (exact) mass is 863 g/mol. The summed E-state index contributed by atoms with van der Waals surface area (Å²) in [5.74, 6) is 3.13. The lowest BCUT2D eigenvalue weighted by Gasteiger charge is -2.40. The number of anilines is 1. The van der Waals surface area contributed by atoms with Crippen LogP contribution in [0.5, 0.6) is 28.7 Å². The number of rotatable bonds is 9. The highest BCUT2D eigenvalue weighted by Crippen LogP contribution is 2.56. The second kappa shape index (κ2) is 16.2. The first-order valence-corrected chi connectivity index (χ1v) is 22.1. The summed E-state index contributed by atoms with van der Waals surface area (Å²) in [4.78, 5) is 13.4. The Bertz CT molecular complexity index is 3030. The number of ether oxygens (including phenoxy) is 6. The highest BCUT2D eigenvalue weighted by atomic mass is 16.7. The lowest BCUT2D eigenvalue weighted by atomic mass is 9.74. The zero-order chi connectivity index (χ0) is 43.5. The molecule has 65 heavy (non-hydrogen) atoms. The number of nitrogens with two attached hydrogens (primary N) is 1. The summed E-state index contributed by atoms with van der Waals surface area (Å²) in [6, 6.07) is 48.5. The second-order valence-electron chi connectivity index (χ2n) is 16.9. The van der Waals surface area contributed by atoms with Crippen LogP contribution in [0.25, 0.3) is 11.2 Å². The Balaban J connectivity index is 1.04. The van der Waals surface area contributed by atoms with Crippen molar-refractivity contribution >= 4 is 17.0 Å². The summed E-state index contributed by atoms with van der Waals surface area (Å²) < 4.78 is 42.7. The molecule has 0 saturated carbocycles. The molecular formula is C53H45N5O7. The average Bonchev–Trinajstić information content (AvgIpc) is 3.91. The zero-order valence-electron chi connectivity index (χ0n) is 35.3. The van der Waals surface area contributed by atoms with E-state index in [0.717, 1.165) is 57.7 Å². The molecule has 3 N–H and O–H groups in total. The third kappa shape index (κ3) is 6.63. The minimum Gasteiger partial charge on any atom is -0.490 e. The average molecular weight is 864 g/mol. The molecule has 12 nitrogen and oxygen atoms in total. The molecule has 0 amide bonds. The first-order valence-electron chi connectivity index (χ1n) is 22.1. The molecule has 12 rings (SSSR count). The van der Waals surface area contributed by atoms with E-state index >= 15 is 0 Å². The van der Waals surface area contributed by atoms with Gasteiger partial charge in [-0.3, -0.25) is 4.57 Å². The Morgan fingerprint density at radius 1 is 0.677 bits per heavy atom. The molecule has 2 saturated heterocycles. The van der Waals surface area contributed by atoms with Crippen LogP contribution in [-0.2, 0) is 19.8 Å².